The van der Waals surface area contributed by atoms with Crippen LogP contribution in [0.3, 0.4) is 0 Å². The Hall–Kier alpha value is -0.390. The largest absolute Gasteiger partial charge is 0.315 e. The maximum absolute atomic E-state index is 12.5. The fourth-order valence-electron chi connectivity index (χ4n) is 1.68. The summed E-state index contributed by atoms with van der Waals surface area (Å²) in [6, 6.07) is 0. The Kier molecular flexibility index (Phi) is 7.10. The highest BCUT2D eigenvalue weighted by molar-refractivity contribution is 7.89. The molecule has 5 heteroatoms. The lowest BCUT2D eigenvalue weighted by Gasteiger charge is -2.35. The molecule has 0 aromatic rings. The van der Waals surface area contributed by atoms with Gasteiger partial charge < -0.3 is 5.32 Å². The highest BCUT2D eigenvalue weighted by atomic mass is 32.2. The van der Waals surface area contributed by atoms with Crippen molar-refractivity contribution in [2.75, 3.05) is 19.6 Å². The zero-order chi connectivity index (χ0) is 14.4. The Labute approximate surface area is 112 Å². The summed E-state index contributed by atoms with van der Waals surface area (Å²) in [6.45, 7) is 14.8. The molecule has 0 rings (SSSR count). The molecule has 1 atom stereocenters. The monoisotopic (exact) mass is 276 g/mol. The zero-order valence-corrected chi connectivity index (χ0v) is 13.2. The van der Waals surface area contributed by atoms with Gasteiger partial charge in [-0.15, -0.1) is 6.58 Å². The summed E-state index contributed by atoms with van der Waals surface area (Å²) in [5.74, 6) is 0. The van der Waals surface area contributed by atoms with E-state index in [-0.39, 0.29) is 0 Å². The molecule has 0 spiro atoms. The van der Waals surface area contributed by atoms with Crippen molar-refractivity contribution >= 4 is 10.0 Å². The van der Waals surface area contributed by atoms with Crippen molar-refractivity contribution in [2.45, 2.75) is 51.8 Å². The van der Waals surface area contributed by atoms with Crippen molar-refractivity contribution in [3.05, 3.63) is 12.7 Å². The molecule has 0 amide bonds. The van der Waals surface area contributed by atoms with E-state index < -0.39 is 20.8 Å². The summed E-state index contributed by atoms with van der Waals surface area (Å²) in [5.41, 5.74) is -0.425. The zero-order valence-electron chi connectivity index (χ0n) is 12.4. The van der Waals surface area contributed by atoms with Gasteiger partial charge in [-0.2, -0.15) is 4.31 Å². The van der Waals surface area contributed by atoms with E-state index in [0.717, 1.165) is 13.0 Å². The molecule has 0 aliphatic heterocycles. The van der Waals surface area contributed by atoms with Crippen LogP contribution in [0, 0.1) is 0 Å². The van der Waals surface area contributed by atoms with Crippen molar-refractivity contribution in [1.82, 2.24) is 9.62 Å². The van der Waals surface area contributed by atoms with Crippen molar-refractivity contribution in [3.8, 4) is 0 Å². The van der Waals surface area contributed by atoms with E-state index >= 15 is 0 Å². The Morgan fingerprint density at radius 2 is 1.94 bits per heavy atom. The Morgan fingerprint density at radius 1 is 1.39 bits per heavy atom. The molecular weight excluding hydrogens is 248 g/mol. The van der Waals surface area contributed by atoms with Gasteiger partial charge in [0.05, 0.1) is 5.25 Å². The van der Waals surface area contributed by atoms with Crippen LogP contribution in [-0.2, 0) is 10.0 Å². The van der Waals surface area contributed by atoms with Crippen LogP contribution in [0.4, 0.5) is 0 Å². The first-order valence-corrected chi connectivity index (χ1v) is 8.01. The van der Waals surface area contributed by atoms with Crippen LogP contribution in [0.5, 0.6) is 0 Å². The second kappa shape index (κ2) is 7.26. The smallest absolute Gasteiger partial charge is 0.218 e. The van der Waals surface area contributed by atoms with E-state index in [4.69, 9.17) is 0 Å². The maximum Gasteiger partial charge on any atom is 0.218 e. The summed E-state index contributed by atoms with van der Waals surface area (Å²) in [6.07, 6.45) is 2.64. The highest BCUT2D eigenvalue weighted by Gasteiger charge is 2.35. The lowest BCUT2D eigenvalue weighted by atomic mass is 10.1. The second-order valence-electron chi connectivity index (χ2n) is 5.55. The first-order chi connectivity index (χ1) is 8.17. The molecule has 18 heavy (non-hydrogen) atoms. The topological polar surface area (TPSA) is 49.4 Å². The van der Waals surface area contributed by atoms with Crippen LogP contribution >= 0.6 is 0 Å². The molecule has 0 heterocycles. The highest BCUT2D eigenvalue weighted by Crippen LogP contribution is 2.21. The molecule has 1 N–H and O–H groups in total. The SMILES string of the molecule is C=CCN(C(C)(C)C)S(=O)(=O)C(C)CNCCC. The average Bonchev–Trinajstić information content (AvgIpc) is 2.24. The third-order valence-corrected chi connectivity index (χ3v) is 5.21. The van der Waals surface area contributed by atoms with Crippen LogP contribution in [-0.4, -0.2) is 43.1 Å². The normalized spacial score (nSPS) is 14.8. The Bertz CT molecular complexity index is 344. The van der Waals surface area contributed by atoms with Gasteiger partial charge in [0.25, 0.3) is 0 Å². The van der Waals surface area contributed by atoms with E-state index in [0.29, 0.717) is 13.1 Å². The van der Waals surface area contributed by atoms with Gasteiger partial charge in [-0.1, -0.05) is 13.0 Å². The van der Waals surface area contributed by atoms with E-state index in [1.165, 1.54) is 4.31 Å². The summed E-state index contributed by atoms with van der Waals surface area (Å²) in [7, 11) is -3.30. The van der Waals surface area contributed by atoms with Gasteiger partial charge in [0.15, 0.2) is 0 Å². The lowest BCUT2D eigenvalue weighted by molar-refractivity contribution is 0.267. The van der Waals surface area contributed by atoms with Gasteiger partial charge in [-0.3, -0.25) is 0 Å². The quantitative estimate of drug-likeness (QED) is 0.545. The predicted molar refractivity (Wildman–Crippen MR) is 78.2 cm³/mol. The van der Waals surface area contributed by atoms with Crippen LogP contribution in [0.25, 0.3) is 0 Å². The number of nitrogens with one attached hydrogen (secondary N) is 1. The molecule has 0 aliphatic rings. The van der Waals surface area contributed by atoms with Crippen molar-refractivity contribution in [2.24, 2.45) is 0 Å². The first kappa shape index (κ1) is 17.6. The van der Waals surface area contributed by atoms with E-state index in [2.05, 4.69) is 18.8 Å². The molecule has 0 aliphatic carbocycles. The van der Waals surface area contributed by atoms with Crippen molar-refractivity contribution in [3.63, 3.8) is 0 Å². The lowest BCUT2D eigenvalue weighted by Crippen LogP contribution is -2.50. The fourth-order valence-corrected chi connectivity index (χ4v) is 3.52. The van der Waals surface area contributed by atoms with Crippen LogP contribution in [0.2, 0.25) is 0 Å². The Balaban J connectivity index is 4.89. The molecule has 0 radical (unpaired) electrons. The minimum absolute atomic E-state index is 0.351. The minimum atomic E-state index is -3.30. The second-order valence-corrected chi connectivity index (χ2v) is 7.83. The maximum atomic E-state index is 12.5. The third-order valence-electron chi connectivity index (χ3n) is 2.72. The molecule has 0 saturated carbocycles. The van der Waals surface area contributed by atoms with Crippen molar-refractivity contribution < 1.29 is 8.42 Å². The van der Waals surface area contributed by atoms with Gasteiger partial charge in [0, 0.05) is 18.6 Å². The molecule has 108 valence electrons. The van der Waals surface area contributed by atoms with Crippen LogP contribution < -0.4 is 5.32 Å². The van der Waals surface area contributed by atoms with Crippen LogP contribution in [0.1, 0.15) is 41.0 Å². The predicted octanol–water partition coefficient (Wildman–Crippen LogP) is 1.99. The van der Waals surface area contributed by atoms with Gasteiger partial charge in [-0.05, 0) is 40.7 Å². The molecule has 4 nitrogen and oxygen atoms in total. The molecule has 0 saturated heterocycles. The summed E-state index contributed by atoms with van der Waals surface area (Å²) < 4.78 is 26.5. The van der Waals surface area contributed by atoms with Crippen molar-refractivity contribution in [1.29, 1.82) is 0 Å². The summed E-state index contributed by atoms with van der Waals surface area (Å²) in [4.78, 5) is 0. The van der Waals surface area contributed by atoms with Gasteiger partial charge in [0.1, 0.15) is 0 Å². The Morgan fingerprint density at radius 3 is 2.33 bits per heavy atom. The first-order valence-electron chi connectivity index (χ1n) is 6.51. The fraction of sp³-hybridized carbons (Fsp3) is 0.846. The van der Waals surface area contributed by atoms with E-state index in [1.807, 2.05) is 20.8 Å². The molecule has 0 bridgehead atoms. The number of hydrogen-bond acceptors (Lipinski definition) is 3. The number of sulfonamides is 1. The van der Waals surface area contributed by atoms with Gasteiger partial charge >= 0.3 is 0 Å². The summed E-state index contributed by atoms with van der Waals surface area (Å²) >= 11 is 0. The molecule has 1 unspecified atom stereocenters. The standard InChI is InChI=1S/C13H28N2O2S/c1-7-9-14-11-12(3)18(16,17)15(10-8-2)13(4,5)6/h8,12,14H,2,7,9-11H2,1,3-6H3. The molecule has 0 aromatic carbocycles. The third kappa shape index (κ3) is 5.08. The average molecular weight is 276 g/mol. The van der Waals surface area contributed by atoms with Crippen LogP contribution in [0.15, 0.2) is 12.7 Å². The molecule has 0 fully saturated rings. The van der Waals surface area contributed by atoms with E-state index in [1.54, 1.807) is 13.0 Å². The number of hydrogen-bond donors (Lipinski definition) is 1. The molecular formula is C13H28N2O2S. The molecule has 0 aromatic heterocycles. The van der Waals surface area contributed by atoms with Gasteiger partial charge in [-0.25, -0.2) is 8.42 Å². The van der Waals surface area contributed by atoms with E-state index in [9.17, 15) is 8.42 Å². The van der Waals surface area contributed by atoms with Gasteiger partial charge in [0.2, 0.25) is 10.0 Å². The number of nitrogens with zero attached hydrogens (tertiary/aromatic N) is 1. The minimum Gasteiger partial charge on any atom is -0.315 e. The summed E-state index contributed by atoms with van der Waals surface area (Å²) in [5, 5.41) is 2.73. The number of rotatable bonds is 8.